The van der Waals surface area contributed by atoms with E-state index in [1.807, 2.05) is 13.0 Å². The quantitative estimate of drug-likeness (QED) is 0.793. The highest BCUT2D eigenvalue weighted by Crippen LogP contribution is 2.26. The van der Waals surface area contributed by atoms with E-state index in [-0.39, 0.29) is 0 Å². The Bertz CT molecular complexity index is 520. The molecule has 0 bridgehead atoms. The van der Waals surface area contributed by atoms with Gasteiger partial charge in [0.15, 0.2) is 0 Å². The molecule has 0 unspecified atom stereocenters. The average molecular weight is 229 g/mol. The number of ether oxygens (including phenoxy) is 1. The molecule has 0 atom stereocenters. The van der Waals surface area contributed by atoms with E-state index in [2.05, 4.69) is 30.1 Å². The number of benzene rings is 1. The predicted molar refractivity (Wildman–Crippen MR) is 71.6 cm³/mol. The van der Waals surface area contributed by atoms with Crippen molar-refractivity contribution in [3.8, 4) is 5.75 Å². The highest BCUT2D eigenvalue weighted by molar-refractivity contribution is 5.85. The maximum absolute atomic E-state index is 5.43. The SMILES string of the molecule is CCCCc1ccc2nc(C)cc(OC)c2c1. The van der Waals surface area contributed by atoms with Gasteiger partial charge in [0.1, 0.15) is 5.75 Å². The lowest BCUT2D eigenvalue weighted by molar-refractivity contribution is 0.419. The molecule has 17 heavy (non-hydrogen) atoms. The first-order valence-electron chi connectivity index (χ1n) is 6.19. The lowest BCUT2D eigenvalue weighted by atomic mass is 10.0. The number of fused-ring (bicyclic) bond motifs is 1. The fraction of sp³-hybridized carbons (Fsp3) is 0.400. The van der Waals surface area contributed by atoms with Crippen molar-refractivity contribution in [2.24, 2.45) is 0 Å². The molecule has 2 rings (SSSR count). The van der Waals surface area contributed by atoms with Crippen LogP contribution in [0.2, 0.25) is 0 Å². The first-order chi connectivity index (χ1) is 8.24. The van der Waals surface area contributed by atoms with E-state index in [9.17, 15) is 0 Å². The standard InChI is InChI=1S/C15H19NO/c1-4-5-6-12-7-8-14-13(10-12)15(17-3)9-11(2)16-14/h7-10H,4-6H2,1-3H3. The van der Waals surface area contributed by atoms with Crippen molar-refractivity contribution >= 4 is 10.9 Å². The molecule has 0 amide bonds. The molecule has 1 heterocycles. The Morgan fingerprint density at radius 1 is 1.24 bits per heavy atom. The van der Waals surface area contributed by atoms with Crippen molar-refractivity contribution in [1.82, 2.24) is 4.98 Å². The van der Waals surface area contributed by atoms with Gasteiger partial charge in [0, 0.05) is 17.1 Å². The van der Waals surface area contributed by atoms with E-state index >= 15 is 0 Å². The molecular weight excluding hydrogens is 210 g/mol. The summed E-state index contributed by atoms with van der Waals surface area (Å²) in [5.41, 5.74) is 3.38. The predicted octanol–water partition coefficient (Wildman–Crippen LogP) is 3.89. The van der Waals surface area contributed by atoms with Crippen LogP contribution in [0.5, 0.6) is 5.75 Å². The summed E-state index contributed by atoms with van der Waals surface area (Å²) in [6, 6.07) is 8.46. The molecule has 2 aromatic rings. The Hall–Kier alpha value is -1.57. The van der Waals surface area contributed by atoms with Crippen molar-refractivity contribution in [3.05, 3.63) is 35.5 Å². The lowest BCUT2D eigenvalue weighted by Crippen LogP contribution is -1.92. The molecule has 1 aromatic carbocycles. The fourth-order valence-electron chi connectivity index (χ4n) is 2.07. The van der Waals surface area contributed by atoms with E-state index < -0.39 is 0 Å². The second kappa shape index (κ2) is 5.17. The van der Waals surface area contributed by atoms with E-state index in [0.29, 0.717) is 0 Å². The van der Waals surface area contributed by atoms with Crippen molar-refractivity contribution in [2.45, 2.75) is 33.1 Å². The van der Waals surface area contributed by atoms with Gasteiger partial charge in [0.25, 0.3) is 0 Å². The molecule has 0 fully saturated rings. The molecule has 0 aliphatic heterocycles. The Kier molecular flexibility index (Phi) is 3.62. The molecule has 0 saturated heterocycles. The van der Waals surface area contributed by atoms with Crippen LogP contribution in [0.15, 0.2) is 24.3 Å². The number of hydrogen-bond donors (Lipinski definition) is 0. The first-order valence-corrected chi connectivity index (χ1v) is 6.19. The van der Waals surface area contributed by atoms with E-state index in [4.69, 9.17) is 4.74 Å². The smallest absolute Gasteiger partial charge is 0.130 e. The topological polar surface area (TPSA) is 22.1 Å². The van der Waals surface area contributed by atoms with Gasteiger partial charge < -0.3 is 4.74 Å². The van der Waals surface area contributed by atoms with Gasteiger partial charge in [-0.15, -0.1) is 0 Å². The van der Waals surface area contributed by atoms with E-state index in [0.717, 1.165) is 28.8 Å². The first kappa shape index (κ1) is 11.9. The summed E-state index contributed by atoms with van der Waals surface area (Å²) < 4.78 is 5.43. The number of hydrogen-bond acceptors (Lipinski definition) is 2. The highest BCUT2D eigenvalue weighted by Gasteiger charge is 2.05. The largest absolute Gasteiger partial charge is 0.496 e. The van der Waals surface area contributed by atoms with Crippen LogP contribution in [-0.4, -0.2) is 12.1 Å². The summed E-state index contributed by atoms with van der Waals surface area (Å²) in [7, 11) is 1.72. The zero-order valence-electron chi connectivity index (χ0n) is 10.8. The summed E-state index contributed by atoms with van der Waals surface area (Å²) in [5.74, 6) is 0.922. The number of nitrogens with zero attached hydrogens (tertiary/aromatic N) is 1. The molecule has 0 radical (unpaired) electrons. The lowest BCUT2D eigenvalue weighted by Gasteiger charge is -2.08. The van der Waals surface area contributed by atoms with Crippen LogP contribution in [0.25, 0.3) is 10.9 Å². The number of aromatic nitrogens is 1. The molecule has 0 spiro atoms. The van der Waals surface area contributed by atoms with Gasteiger partial charge in [-0.25, -0.2) is 0 Å². The molecule has 2 heteroatoms. The van der Waals surface area contributed by atoms with Crippen LogP contribution in [0.1, 0.15) is 31.0 Å². The van der Waals surface area contributed by atoms with Gasteiger partial charge in [-0.2, -0.15) is 0 Å². The van der Waals surface area contributed by atoms with Crippen LogP contribution in [-0.2, 0) is 6.42 Å². The number of pyridine rings is 1. The fourth-order valence-corrected chi connectivity index (χ4v) is 2.07. The summed E-state index contributed by atoms with van der Waals surface area (Å²) in [4.78, 5) is 4.53. The van der Waals surface area contributed by atoms with Crippen LogP contribution in [0, 0.1) is 6.92 Å². The third kappa shape index (κ3) is 2.57. The second-order valence-electron chi connectivity index (χ2n) is 4.42. The van der Waals surface area contributed by atoms with Crippen molar-refractivity contribution in [2.75, 3.05) is 7.11 Å². The molecule has 2 nitrogen and oxygen atoms in total. The summed E-state index contributed by atoms with van der Waals surface area (Å²) >= 11 is 0. The minimum Gasteiger partial charge on any atom is -0.496 e. The van der Waals surface area contributed by atoms with Gasteiger partial charge in [0.2, 0.25) is 0 Å². The maximum Gasteiger partial charge on any atom is 0.130 e. The summed E-state index contributed by atoms with van der Waals surface area (Å²) in [6.45, 7) is 4.21. The minimum absolute atomic E-state index is 0.922. The molecule has 0 saturated carbocycles. The third-order valence-electron chi connectivity index (χ3n) is 3.00. The second-order valence-corrected chi connectivity index (χ2v) is 4.42. The van der Waals surface area contributed by atoms with Crippen molar-refractivity contribution in [1.29, 1.82) is 0 Å². The van der Waals surface area contributed by atoms with Gasteiger partial charge in [0.05, 0.1) is 12.6 Å². The zero-order valence-corrected chi connectivity index (χ0v) is 10.8. The molecule has 1 aromatic heterocycles. The molecule has 0 aliphatic rings. The van der Waals surface area contributed by atoms with Crippen LogP contribution in [0.4, 0.5) is 0 Å². The van der Waals surface area contributed by atoms with Gasteiger partial charge in [-0.1, -0.05) is 19.4 Å². The van der Waals surface area contributed by atoms with Crippen LogP contribution < -0.4 is 4.74 Å². The molecule has 0 N–H and O–H groups in total. The van der Waals surface area contributed by atoms with Crippen LogP contribution in [0.3, 0.4) is 0 Å². The minimum atomic E-state index is 0.922. The molecule has 90 valence electrons. The normalized spacial score (nSPS) is 10.8. The number of aryl methyl sites for hydroxylation is 2. The van der Waals surface area contributed by atoms with Crippen molar-refractivity contribution < 1.29 is 4.74 Å². The van der Waals surface area contributed by atoms with E-state index in [1.165, 1.54) is 18.4 Å². The van der Waals surface area contributed by atoms with E-state index in [1.54, 1.807) is 7.11 Å². The zero-order chi connectivity index (χ0) is 12.3. The van der Waals surface area contributed by atoms with Gasteiger partial charge >= 0.3 is 0 Å². The Labute approximate surface area is 103 Å². The number of methoxy groups -OCH3 is 1. The molecular formula is C15H19NO. The highest BCUT2D eigenvalue weighted by atomic mass is 16.5. The molecule has 0 aliphatic carbocycles. The maximum atomic E-state index is 5.43. The average Bonchev–Trinajstić information content (AvgIpc) is 2.35. The summed E-state index contributed by atoms with van der Waals surface area (Å²) in [6.07, 6.45) is 3.58. The Morgan fingerprint density at radius 2 is 2.06 bits per heavy atom. The number of unbranched alkanes of at least 4 members (excludes halogenated alkanes) is 1. The van der Waals surface area contributed by atoms with Gasteiger partial charge in [-0.05, 0) is 37.5 Å². The van der Waals surface area contributed by atoms with Gasteiger partial charge in [-0.3, -0.25) is 4.98 Å². The monoisotopic (exact) mass is 229 g/mol. The number of rotatable bonds is 4. The Morgan fingerprint density at radius 3 is 2.76 bits per heavy atom. The van der Waals surface area contributed by atoms with Crippen molar-refractivity contribution in [3.63, 3.8) is 0 Å². The third-order valence-corrected chi connectivity index (χ3v) is 3.00. The van der Waals surface area contributed by atoms with Crippen LogP contribution >= 0.6 is 0 Å². The summed E-state index contributed by atoms with van der Waals surface area (Å²) in [5, 5.41) is 1.12. The Balaban J connectivity index is 2.47.